The van der Waals surface area contributed by atoms with E-state index < -0.39 is 18.0 Å². The largest absolute Gasteiger partial charge is 0.477 e. The van der Waals surface area contributed by atoms with Gasteiger partial charge in [0.2, 0.25) is 5.91 Å². The quantitative estimate of drug-likeness (QED) is 0.488. The van der Waals surface area contributed by atoms with Gasteiger partial charge >= 0.3 is 5.97 Å². The topological polar surface area (TPSA) is 127 Å². The van der Waals surface area contributed by atoms with Gasteiger partial charge in [0, 0.05) is 40.7 Å². The standard InChI is InChI=1S/C19H23N5O4S.ClH/c1-9-14-13(10(2)25)17(26)24(14)15(18(27)28)16(9)29-12-7-21-19(22-8-12)23-11-3-5-20-6-4-11;/h3-6,9-10,12-14,25H,7-8H2,1-2H3,(H,27,28)(H2,20,21,22,23);1H/t9-,10-,13-,14-;/m1./s1. The molecule has 3 aliphatic heterocycles. The van der Waals surface area contributed by atoms with Gasteiger partial charge in [0.05, 0.1) is 24.6 Å². The summed E-state index contributed by atoms with van der Waals surface area (Å²) in [6.07, 6.45) is 2.59. The number of carbonyl (C=O) groups excluding carboxylic acids is 1. The van der Waals surface area contributed by atoms with Crippen LogP contribution in [-0.2, 0) is 9.59 Å². The van der Waals surface area contributed by atoms with E-state index in [1.807, 2.05) is 19.1 Å². The number of aliphatic carboxylic acids is 1. The summed E-state index contributed by atoms with van der Waals surface area (Å²) in [5.41, 5.74) is 0.934. The molecule has 162 valence electrons. The van der Waals surface area contributed by atoms with Crippen LogP contribution in [0.4, 0.5) is 5.69 Å². The highest BCUT2D eigenvalue weighted by molar-refractivity contribution is 8.03. The molecule has 1 fully saturated rings. The fourth-order valence-corrected chi connectivity index (χ4v) is 5.44. The molecule has 4 heterocycles. The SMILES string of the molecule is C[C@@H](O)[C@H]1C(=O)N2C(C(=O)O)=C(SC3CN=C(Nc4ccncc4)NC3)[C@H](C)[C@H]12.Cl. The normalized spacial score (nSPS) is 28.6. The molecular weight excluding hydrogens is 430 g/mol. The highest BCUT2D eigenvalue weighted by Crippen LogP contribution is 2.51. The van der Waals surface area contributed by atoms with Crippen molar-refractivity contribution in [2.75, 3.05) is 18.4 Å². The number of nitrogens with one attached hydrogen (secondary N) is 2. The fourth-order valence-electron chi connectivity index (χ4n) is 4.12. The van der Waals surface area contributed by atoms with E-state index in [2.05, 4.69) is 20.6 Å². The van der Waals surface area contributed by atoms with Crippen LogP contribution in [0.2, 0.25) is 0 Å². The number of carbonyl (C=O) groups is 2. The van der Waals surface area contributed by atoms with E-state index >= 15 is 0 Å². The minimum absolute atomic E-state index is 0. The molecule has 1 aromatic rings. The van der Waals surface area contributed by atoms with Crippen LogP contribution in [0.1, 0.15) is 13.8 Å². The smallest absolute Gasteiger partial charge is 0.353 e. The van der Waals surface area contributed by atoms with Crippen molar-refractivity contribution in [1.82, 2.24) is 15.2 Å². The molecule has 0 saturated carbocycles. The van der Waals surface area contributed by atoms with Crippen LogP contribution in [0.5, 0.6) is 0 Å². The molecule has 30 heavy (non-hydrogen) atoms. The predicted molar refractivity (Wildman–Crippen MR) is 116 cm³/mol. The lowest BCUT2D eigenvalue weighted by atomic mass is 9.79. The lowest BCUT2D eigenvalue weighted by molar-refractivity contribution is -0.163. The van der Waals surface area contributed by atoms with Crippen molar-refractivity contribution in [1.29, 1.82) is 0 Å². The van der Waals surface area contributed by atoms with Gasteiger partial charge in [-0.2, -0.15) is 0 Å². The average molecular weight is 454 g/mol. The van der Waals surface area contributed by atoms with E-state index in [1.165, 1.54) is 16.7 Å². The Bertz CT molecular complexity index is 894. The molecule has 1 unspecified atom stereocenters. The zero-order valence-electron chi connectivity index (χ0n) is 16.5. The number of halogens is 1. The van der Waals surface area contributed by atoms with Gasteiger partial charge in [-0.15, -0.1) is 24.2 Å². The Balaban J connectivity index is 0.00000256. The van der Waals surface area contributed by atoms with Crippen molar-refractivity contribution in [3.8, 4) is 0 Å². The summed E-state index contributed by atoms with van der Waals surface area (Å²) >= 11 is 1.46. The minimum Gasteiger partial charge on any atom is -0.477 e. The first kappa shape index (κ1) is 22.4. The number of nitrogens with zero attached hydrogens (tertiary/aromatic N) is 3. The predicted octanol–water partition coefficient (Wildman–Crippen LogP) is 1.13. The molecule has 0 aliphatic carbocycles. The maximum absolute atomic E-state index is 12.4. The molecule has 11 heteroatoms. The lowest BCUT2D eigenvalue weighted by Crippen LogP contribution is -2.63. The Morgan fingerprint density at radius 1 is 1.40 bits per heavy atom. The van der Waals surface area contributed by atoms with Gasteiger partial charge < -0.3 is 25.7 Å². The monoisotopic (exact) mass is 453 g/mol. The number of hydrogen-bond donors (Lipinski definition) is 4. The number of pyridine rings is 1. The van der Waals surface area contributed by atoms with Gasteiger partial charge in [-0.3, -0.25) is 14.8 Å². The average Bonchev–Trinajstić information content (AvgIpc) is 2.93. The first-order chi connectivity index (χ1) is 13.9. The molecule has 3 aliphatic rings. The number of rotatable bonds is 5. The first-order valence-corrected chi connectivity index (χ1v) is 10.4. The van der Waals surface area contributed by atoms with Gasteiger partial charge in [0.1, 0.15) is 5.70 Å². The number of aliphatic imine (C=N–C) groups is 1. The molecule has 0 spiro atoms. The summed E-state index contributed by atoms with van der Waals surface area (Å²) in [5.74, 6) is -1.44. The molecule has 1 saturated heterocycles. The molecule has 4 rings (SSSR count). The summed E-state index contributed by atoms with van der Waals surface area (Å²) in [5, 5.41) is 26.1. The van der Waals surface area contributed by atoms with Crippen molar-refractivity contribution < 1.29 is 19.8 Å². The van der Waals surface area contributed by atoms with Crippen LogP contribution in [-0.4, -0.2) is 68.4 Å². The maximum atomic E-state index is 12.4. The third kappa shape index (κ3) is 3.86. The van der Waals surface area contributed by atoms with Crippen LogP contribution in [0.3, 0.4) is 0 Å². The Morgan fingerprint density at radius 2 is 2.10 bits per heavy atom. The van der Waals surface area contributed by atoms with Crippen molar-refractivity contribution in [3.63, 3.8) is 0 Å². The van der Waals surface area contributed by atoms with Crippen molar-refractivity contribution in [2.24, 2.45) is 16.8 Å². The number of carboxylic acid groups (broad SMARTS) is 1. The molecule has 5 atom stereocenters. The van der Waals surface area contributed by atoms with Crippen LogP contribution in [0.15, 0.2) is 40.1 Å². The number of fused-ring (bicyclic) bond motifs is 1. The van der Waals surface area contributed by atoms with Crippen molar-refractivity contribution in [3.05, 3.63) is 35.1 Å². The molecule has 9 nitrogen and oxygen atoms in total. The Hall–Kier alpha value is -2.30. The molecule has 0 aromatic carbocycles. The summed E-state index contributed by atoms with van der Waals surface area (Å²) in [6, 6.07) is 3.39. The molecular formula is C19H24ClN5O4S. The van der Waals surface area contributed by atoms with Crippen LogP contribution in [0.25, 0.3) is 0 Å². The highest BCUT2D eigenvalue weighted by Gasteiger charge is 2.60. The lowest BCUT2D eigenvalue weighted by Gasteiger charge is -2.46. The molecule has 4 N–H and O–H groups in total. The van der Waals surface area contributed by atoms with E-state index in [1.54, 1.807) is 19.3 Å². The van der Waals surface area contributed by atoms with Gasteiger partial charge in [-0.25, -0.2) is 4.79 Å². The summed E-state index contributed by atoms with van der Waals surface area (Å²) in [6.45, 7) is 4.64. The Labute approximate surface area is 184 Å². The zero-order valence-corrected chi connectivity index (χ0v) is 18.1. The molecule has 1 amide bonds. The van der Waals surface area contributed by atoms with Gasteiger partial charge in [0.15, 0.2) is 5.96 Å². The van der Waals surface area contributed by atoms with Crippen molar-refractivity contribution >= 4 is 47.7 Å². The van der Waals surface area contributed by atoms with Crippen LogP contribution in [0, 0.1) is 11.8 Å². The van der Waals surface area contributed by atoms with E-state index in [-0.39, 0.29) is 41.2 Å². The minimum atomic E-state index is -1.11. The summed E-state index contributed by atoms with van der Waals surface area (Å²) in [4.78, 5) is 34.8. The zero-order chi connectivity index (χ0) is 20.7. The number of aliphatic hydroxyl groups is 1. The summed E-state index contributed by atoms with van der Waals surface area (Å²) < 4.78 is 0. The number of amides is 1. The van der Waals surface area contributed by atoms with Gasteiger partial charge in [0.25, 0.3) is 0 Å². The third-order valence-electron chi connectivity index (χ3n) is 5.50. The fraction of sp³-hybridized carbons (Fsp3) is 0.474. The van der Waals surface area contributed by atoms with Crippen LogP contribution < -0.4 is 10.6 Å². The second kappa shape index (κ2) is 8.83. The molecule has 0 bridgehead atoms. The van der Waals surface area contributed by atoms with Crippen molar-refractivity contribution in [2.45, 2.75) is 31.2 Å². The number of thioether (sulfide) groups is 1. The molecule has 1 aromatic heterocycles. The number of aromatic nitrogens is 1. The Morgan fingerprint density at radius 3 is 2.67 bits per heavy atom. The molecule has 0 radical (unpaired) electrons. The number of carboxylic acids is 1. The van der Waals surface area contributed by atoms with Gasteiger partial charge in [-0.05, 0) is 19.1 Å². The number of hydrogen-bond acceptors (Lipinski definition) is 8. The van der Waals surface area contributed by atoms with Gasteiger partial charge in [-0.1, -0.05) is 6.92 Å². The second-order valence-electron chi connectivity index (χ2n) is 7.44. The van der Waals surface area contributed by atoms with E-state index in [0.717, 1.165) is 5.69 Å². The second-order valence-corrected chi connectivity index (χ2v) is 8.79. The van der Waals surface area contributed by atoms with Crippen LogP contribution >= 0.6 is 24.2 Å². The number of aliphatic hydroxyl groups excluding tert-OH is 1. The number of β-lactam (4-membered cyclic amide) rings is 1. The van der Waals surface area contributed by atoms with E-state index in [9.17, 15) is 19.8 Å². The number of anilines is 1. The first-order valence-electron chi connectivity index (χ1n) is 9.49. The summed E-state index contributed by atoms with van der Waals surface area (Å²) in [7, 11) is 0. The Kier molecular flexibility index (Phi) is 6.59. The van der Waals surface area contributed by atoms with E-state index in [4.69, 9.17) is 0 Å². The number of guanidine groups is 1. The van der Waals surface area contributed by atoms with E-state index in [0.29, 0.717) is 24.0 Å². The third-order valence-corrected chi connectivity index (χ3v) is 6.97. The maximum Gasteiger partial charge on any atom is 0.353 e. The highest BCUT2D eigenvalue weighted by atomic mass is 35.5.